The molecule has 0 fully saturated rings. The Labute approximate surface area is 148 Å². The molecule has 2 rings (SSSR count). The van der Waals surface area contributed by atoms with E-state index in [0.717, 1.165) is 18.3 Å². The lowest BCUT2D eigenvalue weighted by atomic mass is 10.2. The molecule has 27 heavy (non-hydrogen) atoms. The summed E-state index contributed by atoms with van der Waals surface area (Å²) in [7, 11) is 0. The van der Waals surface area contributed by atoms with E-state index >= 15 is 0 Å². The van der Waals surface area contributed by atoms with Crippen LogP contribution in [0, 0.1) is 0 Å². The minimum atomic E-state index is -4.61. The molecule has 2 aromatic rings. The van der Waals surface area contributed by atoms with E-state index in [1.54, 1.807) is 4.98 Å². The van der Waals surface area contributed by atoms with Crippen LogP contribution in [0.15, 0.2) is 40.1 Å². The SMILES string of the molecule is O=C(NC(CO)C(=O)Nc1cccc(C(F)(F)F)c1)c1c[nH]c(=O)[nH]c1=O. The van der Waals surface area contributed by atoms with Gasteiger partial charge in [-0.1, -0.05) is 6.07 Å². The number of amides is 2. The normalized spacial score (nSPS) is 12.3. The van der Waals surface area contributed by atoms with Crippen molar-refractivity contribution in [1.29, 1.82) is 0 Å². The van der Waals surface area contributed by atoms with Gasteiger partial charge in [0.1, 0.15) is 11.6 Å². The highest BCUT2D eigenvalue weighted by Crippen LogP contribution is 2.30. The van der Waals surface area contributed by atoms with E-state index in [-0.39, 0.29) is 5.69 Å². The number of aromatic nitrogens is 2. The maximum Gasteiger partial charge on any atom is 0.416 e. The summed E-state index contributed by atoms with van der Waals surface area (Å²) in [5.41, 5.74) is -3.60. The van der Waals surface area contributed by atoms with Crippen LogP contribution in [-0.4, -0.2) is 39.5 Å². The summed E-state index contributed by atoms with van der Waals surface area (Å²) in [6, 6.07) is 2.20. The summed E-state index contributed by atoms with van der Waals surface area (Å²) in [4.78, 5) is 50.4. The molecule has 1 aromatic carbocycles. The summed E-state index contributed by atoms with van der Waals surface area (Å²) in [6.07, 6.45) is -3.80. The van der Waals surface area contributed by atoms with Crippen LogP contribution < -0.4 is 21.9 Å². The molecule has 0 aliphatic rings. The van der Waals surface area contributed by atoms with E-state index in [9.17, 15) is 37.5 Å². The van der Waals surface area contributed by atoms with Gasteiger partial charge in [-0.25, -0.2) is 4.79 Å². The Balaban J connectivity index is 2.13. The van der Waals surface area contributed by atoms with Crippen molar-refractivity contribution in [1.82, 2.24) is 15.3 Å². The van der Waals surface area contributed by atoms with Gasteiger partial charge in [-0.2, -0.15) is 13.2 Å². The van der Waals surface area contributed by atoms with Crippen molar-refractivity contribution in [3.8, 4) is 0 Å². The number of hydrogen-bond acceptors (Lipinski definition) is 5. The molecule has 9 nitrogen and oxygen atoms in total. The van der Waals surface area contributed by atoms with Crippen molar-refractivity contribution in [3.63, 3.8) is 0 Å². The van der Waals surface area contributed by atoms with Gasteiger partial charge in [0.05, 0.1) is 12.2 Å². The van der Waals surface area contributed by atoms with Gasteiger partial charge in [-0.3, -0.25) is 19.4 Å². The average Bonchev–Trinajstić information content (AvgIpc) is 2.58. The number of carbonyl (C=O) groups excluding carboxylic acids is 2. The van der Waals surface area contributed by atoms with Crippen molar-refractivity contribution in [2.75, 3.05) is 11.9 Å². The van der Waals surface area contributed by atoms with Gasteiger partial charge in [0.2, 0.25) is 5.91 Å². The Hall–Kier alpha value is -3.41. The minimum absolute atomic E-state index is 0.204. The molecule has 1 unspecified atom stereocenters. The van der Waals surface area contributed by atoms with E-state index in [4.69, 9.17) is 0 Å². The number of nitrogens with one attached hydrogen (secondary N) is 4. The molecule has 0 bridgehead atoms. The van der Waals surface area contributed by atoms with Crippen LogP contribution in [0.4, 0.5) is 18.9 Å². The van der Waals surface area contributed by atoms with Crippen molar-refractivity contribution in [2.24, 2.45) is 0 Å². The third kappa shape index (κ3) is 5.04. The Morgan fingerprint density at radius 3 is 2.52 bits per heavy atom. The first-order chi connectivity index (χ1) is 12.6. The number of halogens is 3. The lowest BCUT2D eigenvalue weighted by Gasteiger charge is -2.16. The van der Waals surface area contributed by atoms with Gasteiger partial charge in [0.15, 0.2) is 0 Å². The predicted molar refractivity (Wildman–Crippen MR) is 86.1 cm³/mol. The molecule has 144 valence electrons. The Morgan fingerprint density at radius 1 is 1.22 bits per heavy atom. The monoisotopic (exact) mass is 386 g/mol. The van der Waals surface area contributed by atoms with E-state index in [1.807, 2.05) is 5.32 Å². The third-order valence-corrected chi connectivity index (χ3v) is 3.33. The van der Waals surface area contributed by atoms with Crippen LogP contribution in [0.2, 0.25) is 0 Å². The van der Waals surface area contributed by atoms with Crippen molar-refractivity contribution >= 4 is 17.5 Å². The topological polar surface area (TPSA) is 144 Å². The number of aliphatic hydroxyl groups excluding tert-OH is 1. The summed E-state index contributed by atoms with van der Waals surface area (Å²) in [6.45, 7) is -0.891. The van der Waals surface area contributed by atoms with Crippen LogP contribution in [0.25, 0.3) is 0 Å². The van der Waals surface area contributed by atoms with Gasteiger partial charge in [-0.15, -0.1) is 0 Å². The zero-order valence-corrected chi connectivity index (χ0v) is 13.4. The minimum Gasteiger partial charge on any atom is -0.394 e. The molecule has 0 aliphatic heterocycles. The van der Waals surface area contributed by atoms with Crippen LogP contribution in [-0.2, 0) is 11.0 Å². The number of aromatic amines is 2. The smallest absolute Gasteiger partial charge is 0.394 e. The second-order valence-electron chi connectivity index (χ2n) is 5.26. The number of H-pyrrole nitrogens is 2. The first-order valence-corrected chi connectivity index (χ1v) is 7.33. The Morgan fingerprint density at radius 2 is 1.93 bits per heavy atom. The Bertz CT molecular complexity index is 967. The summed E-state index contributed by atoms with van der Waals surface area (Å²) in [5.74, 6) is -2.09. The molecule has 1 atom stereocenters. The van der Waals surface area contributed by atoms with E-state index < -0.39 is 53.0 Å². The predicted octanol–water partition coefficient (Wildman–Crippen LogP) is -0.189. The highest BCUT2D eigenvalue weighted by Gasteiger charge is 2.31. The number of rotatable bonds is 5. The summed E-state index contributed by atoms with van der Waals surface area (Å²) >= 11 is 0. The highest BCUT2D eigenvalue weighted by molar-refractivity contribution is 6.01. The zero-order valence-electron chi connectivity index (χ0n) is 13.4. The molecule has 2 amide bonds. The molecule has 0 saturated heterocycles. The van der Waals surface area contributed by atoms with Crippen molar-refractivity contribution in [3.05, 3.63) is 62.4 Å². The van der Waals surface area contributed by atoms with E-state index in [1.165, 1.54) is 6.07 Å². The number of carbonyl (C=O) groups is 2. The van der Waals surface area contributed by atoms with Crippen LogP contribution >= 0.6 is 0 Å². The molecule has 12 heteroatoms. The zero-order chi connectivity index (χ0) is 20.2. The van der Waals surface area contributed by atoms with Crippen LogP contribution in [0.1, 0.15) is 15.9 Å². The molecule has 1 aromatic heterocycles. The van der Waals surface area contributed by atoms with E-state index in [0.29, 0.717) is 6.07 Å². The first-order valence-electron chi connectivity index (χ1n) is 7.33. The van der Waals surface area contributed by atoms with E-state index in [2.05, 4.69) is 10.3 Å². The molecule has 0 radical (unpaired) electrons. The summed E-state index contributed by atoms with van der Waals surface area (Å²) in [5, 5.41) is 13.4. The molecular formula is C15H13F3N4O5. The van der Waals surface area contributed by atoms with Crippen molar-refractivity contribution in [2.45, 2.75) is 12.2 Å². The second-order valence-corrected chi connectivity index (χ2v) is 5.26. The molecule has 0 saturated carbocycles. The number of aliphatic hydroxyl groups is 1. The van der Waals surface area contributed by atoms with Gasteiger partial charge < -0.3 is 20.7 Å². The van der Waals surface area contributed by atoms with Crippen LogP contribution in [0.5, 0.6) is 0 Å². The average molecular weight is 386 g/mol. The largest absolute Gasteiger partial charge is 0.416 e. The first kappa shape index (κ1) is 19.9. The number of alkyl halides is 3. The fourth-order valence-electron chi connectivity index (χ4n) is 2.01. The van der Waals surface area contributed by atoms with Gasteiger partial charge in [0.25, 0.3) is 11.5 Å². The lowest BCUT2D eigenvalue weighted by molar-refractivity contribution is -0.137. The lowest BCUT2D eigenvalue weighted by Crippen LogP contribution is -2.47. The number of benzene rings is 1. The number of hydrogen-bond donors (Lipinski definition) is 5. The quantitative estimate of drug-likeness (QED) is 0.484. The van der Waals surface area contributed by atoms with Gasteiger partial charge in [0, 0.05) is 11.9 Å². The fourth-order valence-corrected chi connectivity index (χ4v) is 2.01. The number of anilines is 1. The molecule has 1 heterocycles. The second kappa shape index (κ2) is 7.86. The van der Waals surface area contributed by atoms with Crippen LogP contribution in [0.3, 0.4) is 0 Å². The standard InChI is InChI=1S/C15H13F3N4O5/c16-15(17,18)7-2-1-3-8(4-7)20-13(26)10(6-23)21-11(24)9-5-19-14(27)22-12(9)25/h1-5,10,23H,6H2,(H,20,26)(H,21,24)(H2,19,22,25,27). The molecule has 0 aliphatic carbocycles. The third-order valence-electron chi connectivity index (χ3n) is 3.33. The Kier molecular flexibility index (Phi) is 5.80. The fraction of sp³-hybridized carbons (Fsp3) is 0.200. The van der Waals surface area contributed by atoms with Crippen molar-refractivity contribution < 1.29 is 27.9 Å². The maximum atomic E-state index is 12.7. The van der Waals surface area contributed by atoms with Gasteiger partial charge in [-0.05, 0) is 18.2 Å². The maximum absolute atomic E-state index is 12.7. The molecule has 0 spiro atoms. The highest BCUT2D eigenvalue weighted by atomic mass is 19.4. The molecule has 5 N–H and O–H groups in total. The summed E-state index contributed by atoms with van der Waals surface area (Å²) < 4.78 is 38.1. The molecular weight excluding hydrogens is 373 g/mol. The van der Waals surface area contributed by atoms with Gasteiger partial charge >= 0.3 is 11.9 Å².